The number of nitrogens with zero attached hydrogens (tertiary/aromatic N) is 1. The van der Waals surface area contributed by atoms with Gasteiger partial charge in [0.25, 0.3) is 0 Å². The molecule has 0 unspecified atom stereocenters. The fourth-order valence-electron chi connectivity index (χ4n) is 3.16. The number of benzene rings is 1. The monoisotopic (exact) mass is 390 g/mol. The summed E-state index contributed by atoms with van der Waals surface area (Å²) in [6.07, 6.45) is -0.856. The van der Waals surface area contributed by atoms with Crippen molar-refractivity contribution in [3.05, 3.63) is 36.0 Å². The van der Waals surface area contributed by atoms with Gasteiger partial charge in [0.2, 0.25) is 0 Å². The third-order valence-electron chi connectivity index (χ3n) is 4.51. The molecule has 2 aromatic rings. The normalized spacial score (nSPS) is 16.0. The van der Waals surface area contributed by atoms with Crippen LogP contribution in [0, 0.1) is 5.41 Å². The number of hydrogen-bond donors (Lipinski definition) is 3. The van der Waals surface area contributed by atoms with E-state index in [2.05, 4.69) is 10.1 Å². The molecular weight excluding hydrogens is 360 g/mol. The number of para-hydroxylation sites is 1. The average Bonchev–Trinajstić information content (AvgIpc) is 3.09. The molecule has 0 saturated carbocycles. The summed E-state index contributed by atoms with van der Waals surface area (Å²) in [6, 6.07) is 7.72. The summed E-state index contributed by atoms with van der Waals surface area (Å²) in [5.41, 5.74) is 1.58. The number of fused-ring (bicyclic) bond motifs is 1. The topological polar surface area (TPSA) is 104 Å². The molecule has 3 atom stereocenters. The van der Waals surface area contributed by atoms with Gasteiger partial charge in [0.15, 0.2) is 12.4 Å². The lowest BCUT2D eigenvalue weighted by Gasteiger charge is -2.32. The molecule has 0 aliphatic heterocycles. The Hall–Kier alpha value is -2.22. The highest BCUT2D eigenvalue weighted by molar-refractivity contribution is 5.93. The molecule has 28 heavy (non-hydrogen) atoms. The van der Waals surface area contributed by atoms with Crippen LogP contribution < -0.4 is 0 Å². The van der Waals surface area contributed by atoms with Crippen LogP contribution in [0.15, 0.2) is 35.6 Å². The van der Waals surface area contributed by atoms with Gasteiger partial charge in [0, 0.05) is 25.2 Å². The van der Waals surface area contributed by atoms with Gasteiger partial charge >= 0.3 is 0 Å². The number of rotatable bonds is 9. The smallest absolute Gasteiger partial charge is 0.177 e. The number of aliphatic hydroxyl groups excluding tert-OH is 2. The zero-order valence-electron chi connectivity index (χ0n) is 17.1. The molecule has 0 aliphatic carbocycles. The fraction of sp³-hybridized carbons (Fsp3) is 0.524. The van der Waals surface area contributed by atoms with E-state index in [1.165, 1.54) is 14.0 Å². The van der Waals surface area contributed by atoms with Crippen molar-refractivity contribution in [1.82, 2.24) is 4.98 Å². The van der Waals surface area contributed by atoms with Gasteiger partial charge < -0.3 is 24.8 Å². The minimum absolute atomic E-state index is 0.151. The molecule has 0 radical (unpaired) electrons. The predicted octanol–water partition coefficient (Wildman–Crippen LogP) is 2.45. The van der Waals surface area contributed by atoms with E-state index in [1.54, 1.807) is 0 Å². The number of aromatic amines is 1. The number of carbonyl (C=O) groups is 1. The third-order valence-corrected chi connectivity index (χ3v) is 4.51. The molecule has 154 valence electrons. The summed E-state index contributed by atoms with van der Waals surface area (Å²) < 4.78 is 5.47. The predicted molar refractivity (Wildman–Crippen MR) is 108 cm³/mol. The highest BCUT2D eigenvalue weighted by Crippen LogP contribution is 2.25. The largest absolute Gasteiger partial charge is 0.390 e. The standard InChI is InChI=1S/C21H30N2O5/c1-13(24)19(26)18(20(27-5)21(2,3)4)23-28-12-16(25)11-15-8-6-7-14-9-10-22-17(14)15/h6-10,13,19-20,22,24,26H,11-12H2,1-5H3/b23-18+/t13-,19+,20-/m1/s1. The van der Waals surface area contributed by atoms with E-state index in [0.29, 0.717) is 0 Å². The average molecular weight is 390 g/mol. The Bertz CT molecular complexity index is 820. The van der Waals surface area contributed by atoms with E-state index in [-0.39, 0.29) is 29.9 Å². The van der Waals surface area contributed by atoms with E-state index in [0.717, 1.165) is 16.5 Å². The summed E-state index contributed by atoms with van der Waals surface area (Å²) in [5.74, 6) is -0.151. The molecule has 2 rings (SSSR count). The maximum Gasteiger partial charge on any atom is 0.177 e. The third kappa shape index (κ3) is 5.41. The Morgan fingerprint density at radius 3 is 2.57 bits per heavy atom. The van der Waals surface area contributed by atoms with Crippen molar-refractivity contribution < 1.29 is 24.6 Å². The maximum atomic E-state index is 12.3. The maximum absolute atomic E-state index is 12.3. The highest BCUT2D eigenvalue weighted by atomic mass is 16.6. The van der Waals surface area contributed by atoms with E-state index in [1.807, 2.05) is 51.2 Å². The Morgan fingerprint density at radius 2 is 1.96 bits per heavy atom. The van der Waals surface area contributed by atoms with Gasteiger partial charge in [-0.1, -0.05) is 44.1 Å². The molecule has 0 saturated heterocycles. The first-order chi connectivity index (χ1) is 13.1. The van der Waals surface area contributed by atoms with Crippen molar-refractivity contribution in [2.45, 2.75) is 52.4 Å². The molecule has 1 heterocycles. The van der Waals surface area contributed by atoms with Crippen LogP contribution in [0.4, 0.5) is 0 Å². The van der Waals surface area contributed by atoms with Gasteiger partial charge in [-0.2, -0.15) is 0 Å². The van der Waals surface area contributed by atoms with E-state index < -0.39 is 18.3 Å². The number of hydrogen-bond acceptors (Lipinski definition) is 6. The number of ether oxygens (including phenoxy) is 1. The zero-order chi connectivity index (χ0) is 20.9. The lowest BCUT2D eigenvalue weighted by Crippen LogP contribution is -2.46. The van der Waals surface area contributed by atoms with E-state index in [9.17, 15) is 15.0 Å². The lowest BCUT2D eigenvalue weighted by atomic mass is 9.83. The van der Waals surface area contributed by atoms with Crippen LogP contribution in [0.3, 0.4) is 0 Å². The second-order valence-corrected chi connectivity index (χ2v) is 8.03. The van der Waals surface area contributed by atoms with Crippen LogP contribution in [0.5, 0.6) is 0 Å². The first kappa shape index (κ1) is 22.1. The molecule has 0 bridgehead atoms. The van der Waals surface area contributed by atoms with Crippen LogP contribution in [0.1, 0.15) is 33.3 Å². The van der Waals surface area contributed by atoms with Crippen molar-refractivity contribution in [3.8, 4) is 0 Å². The molecular formula is C21H30N2O5. The highest BCUT2D eigenvalue weighted by Gasteiger charge is 2.35. The number of methoxy groups -OCH3 is 1. The number of nitrogens with one attached hydrogen (secondary N) is 1. The molecule has 3 N–H and O–H groups in total. The van der Waals surface area contributed by atoms with Crippen LogP contribution in [-0.2, 0) is 20.8 Å². The van der Waals surface area contributed by atoms with Crippen molar-refractivity contribution in [1.29, 1.82) is 0 Å². The zero-order valence-corrected chi connectivity index (χ0v) is 17.1. The number of aliphatic hydroxyl groups is 2. The Kier molecular flexibility index (Phi) is 7.35. The Morgan fingerprint density at radius 1 is 1.25 bits per heavy atom. The van der Waals surface area contributed by atoms with E-state index >= 15 is 0 Å². The number of aromatic nitrogens is 1. The molecule has 7 heteroatoms. The van der Waals surface area contributed by atoms with Gasteiger partial charge in [-0.05, 0) is 29.4 Å². The number of ketones is 1. The van der Waals surface area contributed by atoms with E-state index in [4.69, 9.17) is 9.57 Å². The molecule has 7 nitrogen and oxygen atoms in total. The number of Topliss-reactive ketones (excluding diaryl/α,β-unsaturated/α-hetero) is 1. The quantitative estimate of drug-likeness (QED) is 0.451. The second kappa shape index (κ2) is 9.32. The molecule has 1 aromatic heterocycles. The molecule has 0 spiro atoms. The van der Waals surface area contributed by atoms with Gasteiger partial charge in [-0.3, -0.25) is 4.79 Å². The second-order valence-electron chi connectivity index (χ2n) is 8.03. The minimum Gasteiger partial charge on any atom is -0.390 e. The van der Waals surface area contributed by atoms with Crippen LogP contribution in [0.25, 0.3) is 10.9 Å². The SMILES string of the molecule is CO[C@H](/C(=N/OCC(=O)Cc1cccc2cc[nH]c12)[C@@H](O)[C@@H](C)O)C(C)(C)C. The molecule has 1 aromatic carbocycles. The fourth-order valence-corrected chi connectivity index (χ4v) is 3.16. The number of H-pyrrole nitrogens is 1. The Labute approximate surface area is 165 Å². The summed E-state index contributed by atoms with van der Waals surface area (Å²) in [4.78, 5) is 20.7. The van der Waals surface area contributed by atoms with Crippen molar-refractivity contribution in [2.24, 2.45) is 10.6 Å². The summed E-state index contributed by atoms with van der Waals surface area (Å²) in [7, 11) is 1.50. The summed E-state index contributed by atoms with van der Waals surface area (Å²) >= 11 is 0. The first-order valence-electron chi connectivity index (χ1n) is 9.30. The molecule has 0 fully saturated rings. The van der Waals surface area contributed by atoms with Gasteiger partial charge in [-0.25, -0.2) is 0 Å². The van der Waals surface area contributed by atoms with Crippen molar-refractivity contribution in [3.63, 3.8) is 0 Å². The molecule has 0 amide bonds. The summed E-state index contributed by atoms with van der Waals surface area (Å²) in [6.45, 7) is 6.99. The lowest BCUT2D eigenvalue weighted by molar-refractivity contribution is -0.123. The van der Waals surface area contributed by atoms with Crippen molar-refractivity contribution in [2.75, 3.05) is 13.7 Å². The number of carbonyl (C=O) groups excluding carboxylic acids is 1. The van der Waals surface area contributed by atoms with Gasteiger partial charge in [0.1, 0.15) is 17.9 Å². The summed E-state index contributed by atoms with van der Waals surface area (Å²) in [5, 5.41) is 25.1. The van der Waals surface area contributed by atoms with Crippen LogP contribution >= 0.6 is 0 Å². The van der Waals surface area contributed by atoms with Crippen LogP contribution in [-0.4, -0.2) is 58.7 Å². The molecule has 0 aliphatic rings. The van der Waals surface area contributed by atoms with Gasteiger partial charge in [-0.15, -0.1) is 0 Å². The Balaban J connectivity index is 2.09. The van der Waals surface area contributed by atoms with Gasteiger partial charge in [0.05, 0.1) is 6.10 Å². The van der Waals surface area contributed by atoms with Crippen molar-refractivity contribution >= 4 is 22.4 Å². The van der Waals surface area contributed by atoms with Crippen LogP contribution in [0.2, 0.25) is 0 Å². The minimum atomic E-state index is -1.26. The number of oxime groups is 1. The first-order valence-corrected chi connectivity index (χ1v) is 9.30.